The number of aromatic nitrogens is 2. The monoisotopic (exact) mass is 353 g/mol. The SMILES string of the molecule is Cc1cccc(/C=C/C(=O)N2C[C@@H](CO)[C@H](c3cnn(C(C)C)c3)C2)c1. The summed E-state index contributed by atoms with van der Waals surface area (Å²) in [7, 11) is 0. The molecule has 2 aromatic rings. The summed E-state index contributed by atoms with van der Waals surface area (Å²) in [6.07, 6.45) is 7.38. The number of hydrogen-bond acceptors (Lipinski definition) is 3. The molecule has 1 aromatic carbocycles. The highest BCUT2D eigenvalue weighted by atomic mass is 16.3. The fraction of sp³-hybridized carbons (Fsp3) is 0.429. The highest BCUT2D eigenvalue weighted by Crippen LogP contribution is 2.32. The van der Waals surface area contributed by atoms with Gasteiger partial charge in [-0.1, -0.05) is 29.8 Å². The number of aliphatic hydroxyl groups excluding tert-OH is 1. The topological polar surface area (TPSA) is 58.4 Å². The first kappa shape index (κ1) is 18.4. The molecule has 0 bridgehead atoms. The number of hydrogen-bond donors (Lipinski definition) is 1. The molecule has 0 saturated carbocycles. The van der Waals surface area contributed by atoms with Gasteiger partial charge in [-0.05, 0) is 38.0 Å². The van der Waals surface area contributed by atoms with E-state index in [0.717, 1.165) is 11.1 Å². The van der Waals surface area contributed by atoms with Gasteiger partial charge in [-0.25, -0.2) is 0 Å². The van der Waals surface area contributed by atoms with E-state index in [4.69, 9.17) is 0 Å². The summed E-state index contributed by atoms with van der Waals surface area (Å²) in [6, 6.07) is 8.36. The van der Waals surface area contributed by atoms with Crippen molar-refractivity contribution < 1.29 is 9.90 Å². The summed E-state index contributed by atoms with van der Waals surface area (Å²) in [5.74, 6) is 0.170. The zero-order chi connectivity index (χ0) is 18.7. The van der Waals surface area contributed by atoms with Gasteiger partial charge in [-0.15, -0.1) is 0 Å². The molecule has 26 heavy (non-hydrogen) atoms. The second-order valence-electron chi connectivity index (χ2n) is 7.39. The largest absolute Gasteiger partial charge is 0.396 e. The average molecular weight is 353 g/mol. The van der Waals surface area contributed by atoms with E-state index in [0.29, 0.717) is 19.1 Å². The molecule has 138 valence electrons. The van der Waals surface area contributed by atoms with Crippen molar-refractivity contribution in [2.24, 2.45) is 5.92 Å². The Morgan fingerprint density at radius 1 is 1.38 bits per heavy atom. The minimum Gasteiger partial charge on any atom is -0.396 e. The normalized spacial score (nSPS) is 20.4. The van der Waals surface area contributed by atoms with Crippen molar-refractivity contribution in [2.75, 3.05) is 19.7 Å². The summed E-state index contributed by atoms with van der Waals surface area (Å²) in [5, 5.41) is 14.2. The number of likely N-dealkylation sites (tertiary alicyclic amines) is 1. The van der Waals surface area contributed by atoms with Gasteiger partial charge in [0.05, 0.1) is 6.20 Å². The number of aryl methyl sites for hydroxylation is 1. The van der Waals surface area contributed by atoms with Crippen LogP contribution in [0.4, 0.5) is 0 Å². The van der Waals surface area contributed by atoms with Crippen LogP contribution in [0.2, 0.25) is 0 Å². The standard InChI is InChI=1S/C21H27N3O2/c1-15(2)24-12-18(10-22-24)20-13-23(11-19(20)14-25)21(26)8-7-17-6-4-5-16(3)9-17/h4-10,12,15,19-20,25H,11,13-14H2,1-3H3/b8-7+/t19-,20-/m0/s1. The number of aliphatic hydroxyl groups is 1. The molecule has 1 aromatic heterocycles. The van der Waals surface area contributed by atoms with Crippen molar-refractivity contribution in [1.82, 2.24) is 14.7 Å². The van der Waals surface area contributed by atoms with Gasteiger partial charge >= 0.3 is 0 Å². The van der Waals surface area contributed by atoms with Crippen molar-refractivity contribution >= 4 is 12.0 Å². The van der Waals surface area contributed by atoms with Gasteiger partial charge in [-0.2, -0.15) is 5.10 Å². The smallest absolute Gasteiger partial charge is 0.246 e. The summed E-state index contributed by atoms with van der Waals surface area (Å²) in [5.41, 5.74) is 3.28. The van der Waals surface area contributed by atoms with E-state index in [1.807, 2.05) is 59.2 Å². The van der Waals surface area contributed by atoms with Crippen molar-refractivity contribution in [1.29, 1.82) is 0 Å². The van der Waals surface area contributed by atoms with Gasteiger partial charge in [0.25, 0.3) is 0 Å². The third-order valence-electron chi connectivity index (χ3n) is 5.03. The van der Waals surface area contributed by atoms with Gasteiger partial charge in [0.15, 0.2) is 0 Å². The molecule has 0 spiro atoms. The van der Waals surface area contributed by atoms with Gasteiger partial charge in [-0.3, -0.25) is 9.48 Å². The Bertz CT molecular complexity index is 794. The molecule has 1 saturated heterocycles. The van der Waals surface area contributed by atoms with Gasteiger partial charge in [0, 0.05) is 49.8 Å². The molecule has 0 aliphatic carbocycles. The minimum atomic E-state index is -0.0105. The highest BCUT2D eigenvalue weighted by molar-refractivity contribution is 5.92. The molecule has 3 rings (SSSR count). The Balaban J connectivity index is 1.70. The van der Waals surface area contributed by atoms with Crippen LogP contribution in [0, 0.1) is 12.8 Å². The number of benzene rings is 1. The number of amides is 1. The number of carbonyl (C=O) groups is 1. The Labute approximate surface area is 154 Å². The van der Waals surface area contributed by atoms with E-state index in [1.165, 1.54) is 5.56 Å². The van der Waals surface area contributed by atoms with Crippen LogP contribution < -0.4 is 0 Å². The van der Waals surface area contributed by atoms with Crippen molar-refractivity contribution in [3.05, 3.63) is 59.4 Å². The molecular weight excluding hydrogens is 326 g/mol. The predicted molar refractivity (Wildman–Crippen MR) is 103 cm³/mol. The summed E-state index contributed by atoms with van der Waals surface area (Å²) < 4.78 is 1.92. The Hall–Kier alpha value is -2.40. The predicted octanol–water partition coefficient (Wildman–Crippen LogP) is 3.02. The molecule has 5 heteroatoms. The lowest BCUT2D eigenvalue weighted by Crippen LogP contribution is -2.27. The minimum absolute atomic E-state index is 0.0105. The quantitative estimate of drug-likeness (QED) is 0.841. The Morgan fingerprint density at radius 3 is 2.85 bits per heavy atom. The van der Waals surface area contributed by atoms with Crippen molar-refractivity contribution in [3.63, 3.8) is 0 Å². The van der Waals surface area contributed by atoms with Crippen LogP contribution in [0.25, 0.3) is 6.08 Å². The zero-order valence-corrected chi connectivity index (χ0v) is 15.7. The van der Waals surface area contributed by atoms with Crippen LogP contribution in [-0.4, -0.2) is 45.4 Å². The maximum Gasteiger partial charge on any atom is 0.246 e. The molecule has 1 N–H and O–H groups in total. The fourth-order valence-electron chi connectivity index (χ4n) is 3.49. The van der Waals surface area contributed by atoms with Crippen LogP contribution in [0.1, 0.15) is 42.5 Å². The van der Waals surface area contributed by atoms with Crippen LogP contribution in [0.5, 0.6) is 0 Å². The second-order valence-corrected chi connectivity index (χ2v) is 7.39. The lowest BCUT2D eigenvalue weighted by Gasteiger charge is -2.14. The maximum atomic E-state index is 12.6. The Morgan fingerprint density at radius 2 is 2.19 bits per heavy atom. The maximum absolute atomic E-state index is 12.6. The van der Waals surface area contributed by atoms with E-state index in [9.17, 15) is 9.90 Å². The first-order valence-electron chi connectivity index (χ1n) is 9.16. The summed E-state index contributed by atoms with van der Waals surface area (Å²) in [6.45, 7) is 7.47. The van der Waals surface area contributed by atoms with Crippen LogP contribution in [-0.2, 0) is 4.79 Å². The van der Waals surface area contributed by atoms with Crippen LogP contribution in [0.3, 0.4) is 0 Å². The zero-order valence-electron chi connectivity index (χ0n) is 15.7. The van der Waals surface area contributed by atoms with E-state index in [1.54, 1.807) is 6.08 Å². The molecule has 2 atom stereocenters. The number of nitrogens with zero attached hydrogens (tertiary/aromatic N) is 3. The fourth-order valence-corrected chi connectivity index (χ4v) is 3.49. The summed E-state index contributed by atoms with van der Waals surface area (Å²) >= 11 is 0. The second kappa shape index (κ2) is 7.87. The Kier molecular flexibility index (Phi) is 5.57. The lowest BCUT2D eigenvalue weighted by atomic mass is 9.92. The van der Waals surface area contributed by atoms with Crippen LogP contribution >= 0.6 is 0 Å². The molecule has 2 heterocycles. The molecule has 1 fully saturated rings. The van der Waals surface area contributed by atoms with Crippen molar-refractivity contribution in [3.8, 4) is 0 Å². The number of rotatable bonds is 5. The first-order valence-corrected chi connectivity index (χ1v) is 9.16. The first-order chi connectivity index (χ1) is 12.5. The molecular formula is C21H27N3O2. The highest BCUT2D eigenvalue weighted by Gasteiger charge is 2.35. The van der Waals surface area contributed by atoms with Gasteiger partial charge < -0.3 is 10.0 Å². The molecule has 5 nitrogen and oxygen atoms in total. The third-order valence-corrected chi connectivity index (χ3v) is 5.03. The van der Waals surface area contributed by atoms with Gasteiger partial charge in [0.2, 0.25) is 5.91 Å². The third kappa shape index (κ3) is 4.05. The van der Waals surface area contributed by atoms with E-state index >= 15 is 0 Å². The van der Waals surface area contributed by atoms with E-state index in [-0.39, 0.29) is 24.3 Å². The van der Waals surface area contributed by atoms with E-state index < -0.39 is 0 Å². The lowest BCUT2D eigenvalue weighted by molar-refractivity contribution is -0.125. The van der Waals surface area contributed by atoms with Crippen molar-refractivity contribution in [2.45, 2.75) is 32.7 Å². The van der Waals surface area contributed by atoms with Gasteiger partial charge in [0.1, 0.15) is 0 Å². The molecule has 0 unspecified atom stereocenters. The van der Waals surface area contributed by atoms with Crippen LogP contribution in [0.15, 0.2) is 42.7 Å². The molecule has 1 amide bonds. The molecule has 0 radical (unpaired) electrons. The molecule has 1 aliphatic heterocycles. The number of carbonyl (C=O) groups excluding carboxylic acids is 1. The average Bonchev–Trinajstić information content (AvgIpc) is 3.26. The molecule has 1 aliphatic rings. The summed E-state index contributed by atoms with van der Waals surface area (Å²) in [4.78, 5) is 14.4. The van der Waals surface area contributed by atoms with E-state index in [2.05, 4.69) is 18.9 Å².